The molecule has 0 bridgehead atoms. The van der Waals surface area contributed by atoms with Gasteiger partial charge in [-0.25, -0.2) is 13.1 Å². The van der Waals surface area contributed by atoms with E-state index < -0.39 is 14.9 Å². The molecule has 23 heavy (non-hydrogen) atoms. The van der Waals surface area contributed by atoms with Gasteiger partial charge in [0.1, 0.15) is 0 Å². The molecule has 126 valence electrons. The lowest BCUT2D eigenvalue weighted by Crippen LogP contribution is -2.44. The summed E-state index contributed by atoms with van der Waals surface area (Å²) >= 11 is 1.62. The Morgan fingerprint density at radius 3 is 2.61 bits per heavy atom. The van der Waals surface area contributed by atoms with Crippen molar-refractivity contribution in [2.45, 2.75) is 10.9 Å². The normalized spacial score (nSPS) is 17.8. The Balaban J connectivity index is 1.81. The zero-order chi connectivity index (χ0) is 16.9. The van der Waals surface area contributed by atoms with E-state index in [4.69, 9.17) is 0 Å². The first-order chi connectivity index (χ1) is 10.9. The van der Waals surface area contributed by atoms with Crippen LogP contribution in [0.2, 0.25) is 0 Å². The summed E-state index contributed by atoms with van der Waals surface area (Å²) in [5.41, 5.74) is -0.182. The number of amides is 1. The van der Waals surface area contributed by atoms with Crippen molar-refractivity contribution in [3.8, 4) is 0 Å². The van der Waals surface area contributed by atoms with E-state index >= 15 is 0 Å². The summed E-state index contributed by atoms with van der Waals surface area (Å²) < 4.78 is 26.3. The molecular weight excluding hydrogens is 344 g/mol. The Morgan fingerprint density at radius 2 is 2.04 bits per heavy atom. The summed E-state index contributed by atoms with van der Waals surface area (Å²) in [4.78, 5) is 21.6. The molecular formula is C12H16N4O5S2. The third-order valence-electron chi connectivity index (χ3n) is 3.11. The van der Waals surface area contributed by atoms with Crippen molar-refractivity contribution >= 4 is 33.4 Å². The zero-order valence-corrected chi connectivity index (χ0v) is 13.7. The number of carbonyl (C=O) groups is 1. The summed E-state index contributed by atoms with van der Waals surface area (Å²) in [6, 6.07) is 4.34. The van der Waals surface area contributed by atoms with E-state index in [0.717, 1.165) is 18.0 Å². The molecule has 1 heterocycles. The van der Waals surface area contributed by atoms with Gasteiger partial charge < -0.3 is 5.32 Å². The molecule has 3 N–H and O–H groups in total. The molecule has 1 aliphatic rings. The second kappa shape index (κ2) is 7.73. The maximum atomic E-state index is 12.0. The van der Waals surface area contributed by atoms with Gasteiger partial charge >= 0.3 is 0 Å². The molecule has 1 aromatic carbocycles. The molecule has 2 rings (SSSR count). The third kappa shape index (κ3) is 4.89. The van der Waals surface area contributed by atoms with Crippen molar-refractivity contribution < 1.29 is 18.1 Å². The molecule has 0 aromatic heterocycles. The number of nitrogens with zero attached hydrogens (tertiary/aromatic N) is 1. The average molecular weight is 360 g/mol. The molecule has 0 aliphatic carbocycles. The average Bonchev–Trinajstić information content (AvgIpc) is 3.06. The minimum Gasteiger partial charge on any atom is -0.353 e. The predicted octanol–water partition coefficient (Wildman–Crippen LogP) is -0.348. The molecule has 1 unspecified atom stereocenters. The van der Waals surface area contributed by atoms with E-state index in [9.17, 15) is 23.3 Å². The van der Waals surface area contributed by atoms with Crippen LogP contribution in [0.1, 0.15) is 0 Å². The highest BCUT2D eigenvalue weighted by molar-refractivity contribution is 7.99. The van der Waals surface area contributed by atoms with Crippen LogP contribution in [-0.4, -0.2) is 50.0 Å². The van der Waals surface area contributed by atoms with Gasteiger partial charge in [0.2, 0.25) is 15.9 Å². The Kier molecular flexibility index (Phi) is 5.93. The molecule has 0 radical (unpaired) electrons. The van der Waals surface area contributed by atoms with Crippen molar-refractivity contribution in [1.29, 1.82) is 0 Å². The van der Waals surface area contributed by atoms with E-state index in [-0.39, 0.29) is 35.6 Å². The maximum Gasteiger partial charge on any atom is 0.269 e. The van der Waals surface area contributed by atoms with Gasteiger partial charge in [0.15, 0.2) is 0 Å². The summed E-state index contributed by atoms with van der Waals surface area (Å²) in [6.07, 6.45) is 0. The fraction of sp³-hybridized carbons (Fsp3) is 0.417. The van der Waals surface area contributed by atoms with Gasteiger partial charge in [-0.15, -0.1) is 11.8 Å². The van der Waals surface area contributed by atoms with Gasteiger partial charge in [-0.2, -0.15) is 0 Å². The van der Waals surface area contributed by atoms with Crippen molar-refractivity contribution in [2.24, 2.45) is 0 Å². The van der Waals surface area contributed by atoms with Gasteiger partial charge in [-0.05, 0) is 12.1 Å². The van der Waals surface area contributed by atoms with Crippen LogP contribution in [0.4, 0.5) is 5.69 Å². The number of hydrogen-bond donors (Lipinski definition) is 3. The molecule has 1 aromatic rings. The van der Waals surface area contributed by atoms with Gasteiger partial charge in [0, 0.05) is 36.9 Å². The second-order valence-corrected chi connectivity index (χ2v) is 7.51. The second-order valence-electron chi connectivity index (χ2n) is 4.71. The van der Waals surface area contributed by atoms with Gasteiger partial charge in [-0.3, -0.25) is 20.2 Å². The Labute approximate surface area is 137 Å². The topological polar surface area (TPSA) is 130 Å². The SMILES string of the molecule is O=C(NCCNS(=O)(=O)c1ccc([N+](=O)[O-])cc1)C1CSCN1. The number of sulfonamides is 1. The van der Waals surface area contributed by atoms with Gasteiger partial charge in [0.25, 0.3) is 5.69 Å². The van der Waals surface area contributed by atoms with Crippen LogP contribution >= 0.6 is 11.8 Å². The molecule has 9 nitrogen and oxygen atoms in total. The molecule has 1 atom stereocenters. The minimum atomic E-state index is -3.76. The standard InChI is InChI=1S/C12H16N4O5S2/c17-12(11-7-22-8-14-11)13-5-6-15-23(20,21)10-3-1-9(2-4-10)16(18)19/h1-4,11,14-15H,5-8H2,(H,13,17). The van der Waals surface area contributed by atoms with E-state index in [0.29, 0.717) is 5.75 Å². The number of nitro benzene ring substituents is 1. The Morgan fingerprint density at radius 1 is 1.35 bits per heavy atom. The van der Waals surface area contributed by atoms with E-state index in [1.165, 1.54) is 12.1 Å². The number of carbonyl (C=O) groups excluding carboxylic acids is 1. The highest BCUT2D eigenvalue weighted by Crippen LogP contribution is 2.15. The minimum absolute atomic E-state index is 0.0327. The maximum absolute atomic E-state index is 12.0. The fourth-order valence-corrected chi connectivity index (χ4v) is 3.86. The van der Waals surface area contributed by atoms with Crippen LogP contribution in [0.5, 0.6) is 0 Å². The van der Waals surface area contributed by atoms with Crippen molar-refractivity contribution in [2.75, 3.05) is 24.7 Å². The first-order valence-electron chi connectivity index (χ1n) is 6.73. The Hall–Kier alpha value is -1.69. The summed E-state index contributed by atoms with van der Waals surface area (Å²) in [7, 11) is -3.76. The molecule has 1 amide bonds. The molecule has 1 aliphatic heterocycles. The highest BCUT2D eigenvalue weighted by atomic mass is 32.2. The highest BCUT2D eigenvalue weighted by Gasteiger charge is 2.22. The molecule has 0 spiro atoms. The Bertz CT molecular complexity index is 671. The lowest BCUT2D eigenvalue weighted by atomic mass is 10.3. The van der Waals surface area contributed by atoms with Crippen LogP contribution in [0.3, 0.4) is 0 Å². The molecule has 1 fully saturated rings. The van der Waals surface area contributed by atoms with Crippen LogP contribution in [0.15, 0.2) is 29.2 Å². The number of thioether (sulfide) groups is 1. The molecule has 11 heteroatoms. The summed E-state index contributed by atoms with van der Waals surface area (Å²) in [5.74, 6) is 1.26. The fourth-order valence-electron chi connectivity index (χ4n) is 1.89. The van der Waals surface area contributed by atoms with Crippen molar-refractivity contribution in [3.05, 3.63) is 34.4 Å². The number of non-ortho nitro benzene ring substituents is 1. The lowest BCUT2D eigenvalue weighted by molar-refractivity contribution is -0.384. The largest absolute Gasteiger partial charge is 0.353 e. The lowest BCUT2D eigenvalue weighted by Gasteiger charge is -2.11. The van der Waals surface area contributed by atoms with Crippen LogP contribution in [0.25, 0.3) is 0 Å². The predicted molar refractivity (Wildman–Crippen MR) is 85.5 cm³/mol. The summed E-state index contributed by atoms with van der Waals surface area (Å²) in [6.45, 7) is 0.193. The zero-order valence-electron chi connectivity index (χ0n) is 12.0. The first kappa shape index (κ1) is 17.7. The number of rotatable bonds is 7. The van der Waals surface area contributed by atoms with Gasteiger partial charge in [0.05, 0.1) is 15.9 Å². The number of nitro groups is 1. The molecule has 0 saturated carbocycles. The van der Waals surface area contributed by atoms with Crippen LogP contribution in [-0.2, 0) is 14.8 Å². The number of nitrogens with one attached hydrogen (secondary N) is 3. The monoisotopic (exact) mass is 360 g/mol. The van der Waals surface area contributed by atoms with E-state index in [2.05, 4.69) is 15.4 Å². The van der Waals surface area contributed by atoms with Crippen molar-refractivity contribution in [1.82, 2.24) is 15.4 Å². The number of hydrogen-bond acceptors (Lipinski definition) is 7. The quantitative estimate of drug-likeness (QED) is 0.344. The van der Waals surface area contributed by atoms with Crippen LogP contribution < -0.4 is 15.4 Å². The third-order valence-corrected chi connectivity index (χ3v) is 5.52. The van der Waals surface area contributed by atoms with Crippen LogP contribution in [0, 0.1) is 10.1 Å². The van der Waals surface area contributed by atoms with E-state index in [1.807, 2.05) is 0 Å². The van der Waals surface area contributed by atoms with Gasteiger partial charge in [-0.1, -0.05) is 0 Å². The molecule has 1 saturated heterocycles. The van der Waals surface area contributed by atoms with Crippen molar-refractivity contribution in [3.63, 3.8) is 0 Å². The smallest absolute Gasteiger partial charge is 0.269 e. The number of benzene rings is 1. The first-order valence-corrected chi connectivity index (χ1v) is 9.37. The van der Waals surface area contributed by atoms with E-state index in [1.54, 1.807) is 11.8 Å². The summed E-state index contributed by atoms with van der Waals surface area (Å²) in [5, 5.41) is 16.2.